The monoisotopic (exact) mass is 263 g/mol. The van der Waals surface area contributed by atoms with Gasteiger partial charge in [0.05, 0.1) is 18.8 Å². The van der Waals surface area contributed by atoms with Crippen molar-refractivity contribution in [3.8, 4) is 0 Å². The van der Waals surface area contributed by atoms with E-state index >= 15 is 0 Å². The van der Waals surface area contributed by atoms with Gasteiger partial charge in [0.25, 0.3) is 5.91 Å². The zero-order valence-electron chi connectivity index (χ0n) is 9.51. The number of nitrogens with one attached hydrogen (secondary N) is 1. The van der Waals surface area contributed by atoms with Crippen LogP contribution in [0.5, 0.6) is 0 Å². The molecule has 0 heterocycles. The molecule has 1 amide bonds. The van der Waals surface area contributed by atoms with Gasteiger partial charge in [-0.05, 0) is 6.92 Å². The van der Waals surface area contributed by atoms with Crippen molar-refractivity contribution >= 4 is 5.91 Å². The molecule has 0 spiro atoms. The molecule has 0 bridgehead atoms. The molecular weight excluding hydrogens is 251 g/mol. The van der Waals surface area contributed by atoms with Crippen LogP contribution in [0.1, 0.15) is 17.3 Å². The molecule has 3 N–H and O–H groups in total. The van der Waals surface area contributed by atoms with Gasteiger partial charge in [-0.1, -0.05) is 0 Å². The molecule has 18 heavy (non-hydrogen) atoms. The highest BCUT2D eigenvalue weighted by atomic mass is 19.1. The highest BCUT2D eigenvalue weighted by Gasteiger charge is 2.28. The van der Waals surface area contributed by atoms with E-state index in [1.165, 1.54) is 6.92 Å². The first kappa shape index (κ1) is 14.5. The third-order valence-corrected chi connectivity index (χ3v) is 2.35. The number of rotatable bonds is 4. The minimum Gasteiger partial charge on any atom is -0.394 e. The summed E-state index contributed by atoms with van der Waals surface area (Å²) < 4.78 is 39.2. The summed E-state index contributed by atoms with van der Waals surface area (Å²) in [5, 5.41) is 20.0. The zero-order chi connectivity index (χ0) is 13.9. The Hall–Kier alpha value is -1.60. The number of amides is 1. The minimum absolute atomic E-state index is 0.368. The molecule has 4 nitrogen and oxygen atoms in total. The smallest absolute Gasteiger partial charge is 0.257 e. The SMILES string of the molecule is CC(CO)(CO)NC(=O)c1c(F)cc(F)cc1F. The second-order valence-corrected chi connectivity index (χ2v) is 4.08. The van der Waals surface area contributed by atoms with Gasteiger partial charge in [0.15, 0.2) is 0 Å². The molecule has 100 valence electrons. The Kier molecular flexibility index (Phi) is 4.31. The maximum absolute atomic E-state index is 13.3. The van der Waals surface area contributed by atoms with Crippen LogP contribution in [0.25, 0.3) is 0 Å². The summed E-state index contributed by atoms with van der Waals surface area (Å²) >= 11 is 0. The molecule has 0 aromatic heterocycles. The predicted octanol–water partition coefficient (Wildman–Crippen LogP) is 0.577. The van der Waals surface area contributed by atoms with Crippen molar-refractivity contribution < 1.29 is 28.2 Å². The van der Waals surface area contributed by atoms with Gasteiger partial charge in [-0.3, -0.25) is 4.79 Å². The molecule has 0 radical (unpaired) electrons. The Bertz CT molecular complexity index is 438. The lowest BCUT2D eigenvalue weighted by Crippen LogP contribution is -2.52. The van der Waals surface area contributed by atoms with Crippen molar-refractivity contribution in [2.75, 3.05) is 13.2 Å². The Balaban J connectivity index is 3.05. The number of benzene rings is 1. The Labute approximate surface area is 101 Å². The summed E-state index contributed by atoms with van der Waals surface area (Å²) in [5.41, 5.74) is -2.39. The summed E-state index contributed by atoms with van der Waals surface area (Å²) in [6.07, 6.45) is 0. The first-order valence-corrected chi connectivity index (χ1v) is 5.02. The highest BCUT2D eigenvalue weighted by molar-refractivity contribution is 5.95. The Morgan fingerprint density at radius 3 is 2.06 bits per heavy atom. The summed E-state index contributed by atoms with van der Waals surface area (Å²) in [6, 6.07) is 0.737. The fraction of sp³-hybridized carbons (Fsp3) is 0.364. The summed E-state index contributed by atoms with van der Waals surface area (Å²) in [6.45, 7) is 0.0313. The molecule has 1 rings (SSSR count). The molecule has 1 aromatic rings. The number of hydrogen-bond acceptors (Lipinski definition) is 3. The van der Waals surface area contributed by atoms with E-state index in [0.29, 0.717) is 12.1 Å². The van der Waals surface area contributed by atoms with Crippen LogP contribution >= 0.6 is 0 Å². The molecule has 0 saturated carbocycles. The topological polar surface area (TPSA) is 69.6 Å². The lowest BCUT2D eigenvalue weighted by Gasteiger charge is -2.26. The average Bonchev–Trinajstić information content (AvgIpc) is 2.27. The maximum Gasteiger partial charge on any atom is 0.257 e. The van der Waals surface area contributed by atoms with E-state index < -0.39 is 47.7 Å². The van der Waals surface area contributed by atoms with Crippen molar-refractivity contribution in [3.63, 3.8) is 0 Å². The zero-order valence-corrected chi connectivity index (χ0v) is 9.51. The first-order valence-electron chi connectivity index (χ1n) is 5.02. The van der Waals surface area contributed by atoms with E-state index in [-0.39, 0.29) is 0 Å². The van der Waals surface area contributed by atoms with Gasteiger partial charge < -0.3 is 15.5 Å². The van der Waals surface area contributed by atoms with Crippen molar-refractivity contribution in [3.05, 3.63) is 35.1 Å². The molecule has 1 aromatic carbocycles. The van der Waals surface area contributed by atoms with Crippen molar-refractivity contribution in [2.45, 2.75) is 12.5 Å². The van der Waals surface area contributed by atoms with Crippen LogP contribution in [-0.2, 0) is 0 Å². The van der Waals surface area contributed by atoms with Crippen molar-refractivity contribution in [1.82, 2.24) is 5.32 Å². The molecule has 7 heteroatoms. The number of halogens is 3. The van der Waals surface area contributed by atoms with Gasteiger partial charge in [0.2, 0.25) is 0 Å². The molecule has 0 saturated heterocycles. The summed E-state index contributed by atoms with van der Waals surface area (Å²) in [7, 11) is 0. The van der Waals surface area contributed by atoms with Gasteiger partial charge in [0.1, 0.15) is 23.0 Å². The standard InChI is InChI=1S/C11H12F3NO3/c1-11(4-16,5-17)15-10(18)9-7(13)2-6(12)3-8(9)14/h2-3,16-17H,4-5H2,1H3,(H,15,18). The number of carbonyl (C=O) groups excluding carboxylic acids is 1. The van der Waals surface area contributed by atoms with Crippen molar-refractivity contribution in [1.29, 1.82) is 0 Å². The van der Waals surface area contributed by atoms with Gasteiger partial charge in [0, 0.05) is 12.1 Å². The van der Waals surface area contributed by atoms with Gasteiger partial charge in [-0.2, -0.15) is 0 Å². The number of hydrogen-bond donors (Lipinski definition) is 3. The van der Waals surface area contributed by atoms with E-state index in [4.69, 9.17) is 10.2 Å². The number of aliphatic hydroxyl groups excluding tert-OH is 2. The van der Waals surface area contributed by atoms with Crippen LogP contribution in [0, 0.1) is 17.5 Å². The molecule has 0 unspecified atom stereocenters. The number of aliphatic hydroxyl groups is 2. The van der Waals surface area contributed by atoms with Gasteiger partial charge in [-0.15, -0.1) is 0 Å². The van der Waals surface area contributed by atoms with Gasteiger partial charge >= 0.3 is 0 Å². The summed E-state index contributed by atoms with van der Waals surface area (Å²) in [4.78, 5) is 11.6. The van der Waals surface area contributed by atoms with Gasteiger partial charge in [-0.25, -0.2) is 13.2 Å². The number of carbonyl (C=O) groups is 1. The fourth-order valence-electron chi connectivity index (χ4n) is 1.22. The molecule has 0 atom stereocenters. The fourth-order valence-corrected chi connectivity index (χ4v) is 1.22. The van der Waals surface area contributed by atoms with Crippen LogP contribution in [0.2, 0.25) is 0 Å². The molecular formula is C11H12F3NO3. The van der Waals surface area contributed by atoms with E-state index in [1.807, 2.05) is 0 Å². The van der Waals surface area contributed by atoms with E-state index in [1.54, 1.807) is 0 Å². The third-order valence-electron chi connectivity index (χ3n) is 2.35. The maximum atomic E-state index is 13.3. The minimum atomic E-state index is -1.43. The lowest BCUT2D eigenvalue weighted by atomic mass is 10.0. The second kappa shape index (κ2) is 5.36. The molecule has 0 aliphatic carbocycles. The van der Waals surface area contributed by atoms with Crippen LogP contribution < -0.4 is 5.32 Å². The Morgan fingerprint density at radius 1 is 1.22 bits per heavy atom. The highest BCUT2D eigenvalue weighted by Crippen LogP contribution is 2.15. The molecule has 0 fully saturated rings. The van der Waals surface area contributed by atoms with E-state index in [2.05, 4.69) is 5.32 Å². The average molecular weight is 263 g/mol. The summed E-state index contributed by atoms with van der Waals surface area (Å²) in [5.74, 6) is -5.05. The van der Waals surface area contributed by atoms with Crippen LogP contribution in [0.3, 0.4) is 0 Å². The molecule has 0 aliphatic heterocycles. The lowest BCUT2D eigenvalue weighted by molar-refractivity contribution is 0.0716. The van der Waals surface area contributed by atoms with Crippen molar-refractivity contribution in [2.24, 2.45) is 0 Å². The molecule has 0 aliphatic rings. The van der Waals surface area contributed by atoms with Crippen LogP contribution in [0.4, 0.5) is 13.2 Å². The van der Waals surface area contributed by atoms with Crippen LogP contribution in [0.15, 0.2) is 12.1 Å². The quantitative estimate of drug-likeness (QED) is 0.744. The van der Waals surface area contributed by atoms with E-state index in [0.717, 1.165) is 0 Å². The first-order chi connectivity index (χ1) is 8.33. The predicted molar refractivity (Wildman–Crippen MR) is 56.4 cm³/mol. The van der Waals surface area contributed by atoms with E-state index in [9.17, 15) is 18.0 Å². The second-order valence-electron chi connectivity index (χ2n) is 4.08. The third kappa shape index (κ3) is 2.99. The normalized spacial score (nSPS) is 11.4. The Morgan fingerprint density at radius 2 is 1.67 bits per heavy atom. The van der Waals surface area contributed by atoms with Crippen LogP contribution in [-0.4, -0.2) is 34.9 Å². The largest absolute Gasteiger partial charge is 0.394 e.